The number of aliphatic imine (C=N–C) groups is 1. The number of benzene rings is 2. The fraction of sp³-hybridized carbons (Fsp3) is 0.182. The highest BCUT2D eigenvalue weighted by molar-refractivity contribution is 8.14. The molecule has 0 fully saturated rings. The molecule has 0 bridgehead atoms. The average molecular weight is 494 g/mol. The zero-order chi connectivity index (χ0) is 22.9. The van der Waals surface area contributed by atoms with E-state index in [2.05, 4.69) is 14.7 Å². The third kappa shape index (κ3) is 4.79. The maximum Gasteiger partial charge on any atom is 0.232 e. The molecule has 5 nitrogen and oxygen atoms in total. The smallest absolute Gasteiger partial charge is 0.232 e. The number of halogens is 3. The van der Waals surface area contributed by atoms with Crippen LogP contribution in [0, 0.1) is 11.6 Å². The Morgan fingerprint density at radius 1 is 1.12 bits per heavy atom. The van der Waals surface area contributed by atoms with Crippen LogP contribution in [-0.4, -0.2) is 24.2 Å². The van der Waals surface area contributed by atoms with Gasteiger partial charge in [0.1, 0.15) is 10.9 Å². The minimum Gasteiger partial charge on any atom is -0.281 e. The highest BCUT2D eigenvalue weighted by Gasteiger charge is 2.24. The molecule has 0 saturated carbocycles. The first-order valence-corrected chi connectivity index (χ1v) is 12.6. The molecule has 32 heavy (non-hydrogen) atoms. The summed E-state index contributed by atoms with van der Waals surface area (Å²) in [7, 11) is -3.72. The molecule has 0 unspecified atom stereocenters. The summed E-state index contributed by atoms with van der Waals surface area (Å²) in [5, 5.41) is 1.02. The topological polar surface area (TPSA) is 71.4 Å². The van der Waals surface area contributed by atoms with Crippen LogP contribution in [-0.2, 0) is 16.6 Å². The third-order valence-corrected chi connectivity index (χ3v) is 7.59. The van der Waals surface area contributed by atoms with Crippen LogP contribution < -0.4 is 4.72 Å². The summed E-state index contributed by atoms with van der Waals surface area (Å²) in [5.41, 5.74) is 2.79. The molecule has 2 aromatic carbocycles. The van der Waals surface area contributed by atoms with Gasteiger partial charge in [-0.05, 0) is 42.3 Å². The second kappa shape index (κ2) is 9.17. The molecule has 0 aliphatic carbocycles. The fourth-order valence-corrected chi connectivity index (χ4v) is 5.44. The highest BCUT2D eigenvalue weighted by atomic mass is 35.5. The van der Waals surface area contributed by atoms with Gasteiger partial charge in [-0.25, -0.2) is 17.2 Å². The molecule has 3 aromatic rings. The first-order chi connectivity index (χ1) is 15.3. The van der Waals surface area contributed by atoms with Crippen LogP contribution in [0.15, 0.2) is 58.5 Å². The van der Waals surface area contributed by atoms with Gasteiger partial charge in [-0.3, -0.25) is 14.7 Å². The molecule has 2 heterocycles. The van der Waals surface area contributed by atoms with Crippen molar-refractivity contribution in [3.05, 3.63) is 76.6 Å². The summed E-state index contributed by atoms with van der Waals surface area (Å²) in [6, 6.07) is 11.2. The van der Waals surface area contributed by atoms with Crippen LogP contribution >= 0.6 is 23.4 Å². The summed E-state index contributed by atoms with van der Waals surface area (Å²) in [4.78, 5) is 8.50. The molecule has 0 amide bonds. The number of anilines is 1. The summed E-state index contributed by atoms with van der Waals surface area (Å²) in [6.07, 6.45) is 2.09. The summed E-state index contributed by atoms with van der Waals surface area (Å²) in [6.45, 7) is 1.99. The van der Waals surface area contributed by atoms with E-state index in [0.717, 1.165) is 35.0 Å². The van der Waals surface area contributed by atoms with E-state index in [1.165, 1.54) is 0 Å². The van der Waals surface area contributed by atoms with Crippen LogP contribution in [0.25, 0.3) is 11.1 Å². The lowest BCUT2D eigenvalue weighted by Crippen LogP contribution is -2.17. The van der Waals surface area contributed by atoms with Crippen LogP contribution in [0.1, 0.15) is 24.6 Å². The van der Waals surface area contributed by atoms with E-state index in [0.29, 0.717) is 34.3 Å². The second-order valence-electron chi connectivity index (χ2n) is 7.11. The quantitative estimate of drug-likeness (QED) is 0.465. The van der Waals surface area contributed by atoms with Crippen LogP contribution in [0.3, 0.4) is 0 Å². The number of hydrogen-bond acceptors (Lipinski definition) is 5. The normalized spacial score (nSPS) is 13.1. The number of aromatic nitrogens is 1. The van der Waals surface area contributed by atoms with Gasteiger partial charge in [0.25, 0.3) is 0 Å². The van der Waals surface area contributed by atoms with Crippen molar-refractivity contribution in [1.29, 1.82) is 0 Å². The van der Waals surface area contributed by atoms with Gasteiger partial charge in [-0.2, -0.15) is 0 Å². The summed E-state index contributed by atoms with van der Waals surface area (Å²) >= 11 is 6.77. The van der Waals surface area contributed by atoms with Crippen molar-refractivity contribution in [2.75, 3.05) is 10.5 Å². The lowest BCUT2D eigenvalue weighted by Gasteiger charge is -2.12. The molecular formula is C22H18ClF2N3O2S2. The number of nitrogens with zero attached hydrogens (tertiary/aromatic N) is 2. The van der Waals surface area contributed by atoms with Crippen molar-refractivity contribution in [2.24, 2.45) is 4.99 Å². The Morgan fingerprint density at radius 2 is 1.88 bits per heavy atom. The second-order valence-corrected chi connectivity index (χ2v) is 10.4. The lowest BCUT2D eigenvalue weighted by atomic mass is 10.1. The molecule has 0 saturated heterocycles. The predicted molar refractivity (Wildman–Crippen MR) is 125 cm³/mol. The summed E-state index contributed by atoms with van der Waals surface area (Å²) in [5.74, 6) is -1.94. The lowest BCUT2D eigenvalue weighted by molar-refractivity contribution is 0.543. The minimum absolute atomic E-state index is 0.161. The van der Waals surface area contributed by atoms with Gasteiger partial charge in [0.05, 0.1) is 28.6 Å². The van der Waals surface area contributed by atoms with Crippen molar-refractivity contribution < 1.29 is 17.2 Å². The van der Waals surface area contributed by atoms with E-state index in [1.807, 2.05) is 18.2 Å². The Labute approximate surface area is 194 Å². The number of rotatable bonds is 6. The van der Waals surface area contributed by atoms with Gasteiger partial charge >= 0.3 is 0 Å². The van der Waals surface area contributed by atoms with Crippen molar-refractivity contribution in [1.82, 2.24) is 4.98 Å². The predicted octanol–water partition coefficient (Wildman–Crippen LogP) is 5.88. The highest BCUT2D eigenvalue weighted by Crippen LogP contribution is 2.36. The van der Waals surface area contributed by atoms with Crippen molar-refractivity contribution in [3.63, 3.8) is 0 Å². The number of pyridine rings is 1. The molecule has 10 heteroatoms. The number of nitrogens with one attached hydrogen (secondary N) is 1. The fourth-order valence-electron chi connectivity index (χ4n) is 3.21. The minimum atomic E-state index is -3.72. The van der Waals surface area contributed by atoms with Crippen LogP contribution in [0.5, 0.6) is 0 Å². The zero-order valence-electron chi connectivity index (χ0n) is 16.9. The molecular weight excluding hydrogens is 476 g/mol. The maximum absolute atomic E-state index is 15.0. The number of fused-ring (bicyclic) bond motifs is 1. The molecule has 0 spiro atoms. The van der Waals surface area contributed by atoms with Crippen molar-refractivity contribution in [2.45, 2.75) is 24.8 Å². The molecule has 166 valence electrons. The van der Waals surface area contributed by atoms with Gasteiger partial charge in [-0.1, -0.05) is 42.4 Å². The van der Waals surface area contributed by atoms with Gasteiger partial charge in [0.2, 0.25) is 10.0 Å². The molecule has 0 radical (unpaired) electrons. The van der Waals surface area contributed by atoms with Gasteiger partial charge in [-0.15, -0.1) is 0 Å². The van der Waals surface area contributed by atoms with E-state index < -0.39 is 21.7 Å². The van der Waals surface area contributed by atoms with Gasteiger partial charge in [0.15, 0.2) is 5.82 Å². The van der Waals surface area contributed by atoms with Gasteiger partial charge < -0.3 is 0 Å². The van der Waals surface area contributed by atoms with Gasteiger partial charge in [0, 0.05) is 22.3 Å². The molecule has 1 aliphatic rings. The van der Waals surface area contributed by atoms with Crippen LogP contribution in [0.2, 0.25) is 5.02 Å². The van der Waals surface area contributed by atoms with E-state index in [4.69, 9.17) is 11.6 Å². The van der Waals surface area contributed by atoms with Crippen LogP contribution in [0.4, 0.5) is 14.5 Å². The largest absolute Gasteiger partial charge is 0.281 e. The Balaban J connectivity index is 1.65. The van der Waals surface area contributed by atoms with Crippen molar-refractivity contribution in [3.8, 4) is 11.1 Å². The molecule has 1 aliphatic heterocycles. The Hall–Kier alpha value is -2.49. The van der Waals surface area contributed by atoms with Crippen molar-refractivity contribution >= 4 is 44.1 Å². The Bertz CT molecular complexity index is 1310. The molecule has 4 rings (SSSR count). The van der Waals surface area contributed by atoms with E-state index in [-0.39, 0.29) is 16.3 Å². The number of hydrogen-bond donors (Lipinski definition) is 1. The molecule has 1 aromatic heterocycles. The Morgan fingerprint density at radius 3 is 2.59 bits per heavy atom. The summed E-state index contributed by atoms with van der Waals surface area (Å²) < 4.78 is 55.8. The van der Waals surface area contributed by atoms with E-state index in [1.54, 1.807) is 25.3 Å². The monoisotopic (exact) mass is 493 g/mol. The first kappa shape index (κ1) is 22.7. The van der Waals surface area contributed by atoms with E-state index >= 15 is 4.39 Å². The number of sulfonamides is 1. The SMILES string of the molecule is CCCS(=O)(=O)Nc1ccc(F)c(SC2=NCc3ncc(-c4ccc(Cl)cc4)cc32)c1F. The molecule has 1 N–H and O–H groups in total. The third-order valence-electron chi connectivity index (χ3n) is 4.74. The standard InChI is InChI=1S/C22H18ClF2N3O2S2/c1-2-9-32(29,30)28-18-8-7-17(24)21(20(18)25)31-22-16-10-14(11-26-19(16)12-27-22)13-3-5-15(23)6-4-13/h3-8,10-11,28H,2,9,12H2,1H3. The van der Waals surface area contributed by atoms with E-state index in [9.17, 15) is 12.8 Å². The Kier molecular flexibility index (Phi) is 6.50. The number of thioether (sulfide) groups is 1. The zero-order valence-corrected chi connectivity index (χ0v) is 19.3. The maximum atomic E-state index is 15.0. The average Bonchev–Trinajstić information content (AvgIpc) is 3.15. The first-order valence-electron chi connectivity index (χ1n) is 9.73. The molecule has 0 atom stereocenters.